The van der Waals surface area contributed by atoms with Gasteiger partial charge in [0.05, 0.1) is 17.2 Å². The van der Waals surface area contributed by atoms with Crippen LogP contribution in [0.4, 0.5) is 0 Å². The fourth-order valence-electron chi connectivity index (χ4n) is 2.22. The predicted molar refractivity (Wildman–Crippen MR) is 90.9 cm³/mol. The number of hydrogen-bond donors (Lipinski definition) is 1. The molecule has 0 aliphatic carbocycles. The molecule has 20 heavy (non-hydrogen) atoms. The van der Waals surface area contributed by atoms with Crippen LogP contribution in [-0.4, -0.2) is 25.9 Å². The first-order chi connectivity index (χ1) is 9.20. The summed E-state index contributed by atoms with van der Waals surface area (Å²) in [6, 6.07) is 4.10. The molecule has 0 bridgehead atoms. The van der Waals surface area contributed by atoms with Crippen LogP contribution in [0.3, 0.4) is 0 Å². The Balaban J connectivity index is 0.00000200. The third-order valence-corrected chi connectivity index (χ3v) is 4.13. The fraction of sp³-hybridized carbons (Fsp3) is 0.571. The van der Waals surface area contributed by atoms with Crippen LogP contribution in [0.2, 0.25) is 0 Å². The molecule has 1 atom stereocenters. The van der Waals surface area contributed by atoms with Crippen LogP contribution in [0, 0.1) is 0 Å². The van der Waals surface area contributed by atoms with E-state index >= 15 is 0 Å². The molecule has 0 spiro atoms. The van der Waals surface area contributed by atoms with Gasteiger partial charge in [-0.1, -0.05) is 15.9 Å². The van der Waals surface area contributed by atoms with E-state index in [1.807, 2.05) is 13.0 Å². The molecule has 1 aromatic rings. The molecule has 3 nitrogen and oxygen atoms in total. The fourth-order valence-corrected chi connectivity index (χ4v) is 3.65. The van der Waals surface area contributed by atoms with Gasteiger partial charge < -0.3 is 14.8 Å². The zero-order valence-electron chi connectivity index (χ0n) is 11.5. The third-order valence-electron chi connectivity index (χ3n) is 3.09. The van der Waals surface area contributed by atoms with Crippen LogP contribution >= 0.6 is 44.3 Å². The van der Waals surface area contributed by atoms with E-state index in [-0.39, 0.29) is 12.4 Å². The summed E-state index contributed by atoms with van der Waals surface area (Å²) in [5.41, 5.74) is 1.15. The quantitative estimate of drug-likeness (QED) is 0.731. The van der Waals surface area contributed by atoms with E-state index < -0.39 is 0 Å². The van der Waals surface area contributed by atoms with Gasteiger partial charge in [-0.2, -0.15) is 0 Å². The minimum Gasteiger partial charge on any atom is -0.492 e. The van der Waals surface area contributed by atoms with Gasteiger partial charge in [0.15, 0.2) is 0 Å². The second-order valence-electron chi connectivity index (χ2n) is 4.57. The average Bonchev–Trinajstić information content (AvgIpc) is 2.86. The summed E-state index contributed by atoms with van der Waals surface area (Å²) in [4.78, 5) is 0. The first kappa shape index (κ1) is 18.2. The highest BCUT2D eigenvalue weighted by atomic mass is 79.9. The van der Waals surface area contributed by atoms with Gasteiger partial charge in [0.2, 0.25) is 0 Å². The highest BCUT2D eigenvalue weighted by molar-refractivity contribution is 9.11. The van der Waals surface area contributed by atoms with E-state index in [0.29, 0.717) is 12.7 Å². The van der Waals surface area contributed by atoms with Crippen molar-refractivity contribution in [3.05, 3.63) is 26.6 Å². The molecule has 1 N–H and O–H groups in total. The summed E-state index contributed by atoms with van der Waals surface area (Å²) in [5.74, 6) is 0.922. The Hall–Kier alpha value is 0.190. The third kappa shape index (κ3) is 5.19. The smallest absolute Gasteiger partial charge is 0.138 e. The Morgan fingerprint density at radius 3 is 2.85 bits per heavy atom. The molecule has 1 heterocycles. The Labute approximate surface area is 143 Å². The maximum Gasteiger partial charge on any atom is 0.138 e. The Morgan fingerprint density at radius 1 is 1.40 bits per heavy atom. The molecule has 0 amide bonds. The summed E-state index contributed by atoms with van der Waals surface area (Å²) < 4.78 is 13.3. The number of nitrogens with one attached hydrogen (secondary N) is 1. The molecule has 1 fully saturated rings. The molecule has 2 rings (SSSR count). The lowest BCUT2D eigenvalue weighted by molar-refractivity contribution is 0.110. The lowest BCUT2D eigenvalue weighted by Crippen LogP contribution is -2.26. The van der Waals surface area contributed by atoms with E-state index in [1.165, 1.54) is 6.42 Å². The van der Waals surface area contributed by atoms with E-state index in [4.69, 9.17) is 9.47 Å². The molecule has 0 aromatic heterocycles. The van der Waals surface area contributed by atoms with Gasteiger partial charge in [-0.3, -0.25) is 0 Å². The first-order valence-corrected chi connectivity index (χ1v) is 8.22. The average molecular weight is 430 g/mol. The lowest BCUT2D eigenvalue weighted by Gasteiger charge is -2.15. The molecule has 6 heteroatoms. The number of halogens is 3. The second kappa shape index (κ2) is 9.26. The van der Waals surface area contributed by atoms with Crippen LogP contribution in [0.25, 0.3) is 0 Å². The lowest BCUT2D eigenvalue weighted by atomic mass is 10.2. The molecule has 114 valence electrons. The van der Waals surface area contributed by atoms with Crippen molar-refractivity contribution in [1.82, 2.24) is 5.32 Å². The van der Waals surface area contributed by atoms with Crippen LogP contribution in [0.5, 0.6) is 5.75 Å². The van der Waals surface area contributed by atoms with Crippen LogP contribution in [0.15, 0.2) is 21.1 Å². The molecule has 1 aliphatic heterocycles. The molecule has 1 aromatic carbocycles. The van der Waals surface area contributed by atoms with Crippen molar-refractivity contribution in [2.45, 2.75) is 32.4 Å². The van der Waals surface area contributed by atoms with E-state index in [0.717, 1.165) is 46.4 Å². The van der Waals surface area contributed by atoms with Gasteiger partial charge in [0.25, 0.3) is 0 Å². The summed E-state index contributed by atoms with van der Waals surface area (Å²) in [6.45, 7) is 5.25. The Kier molecular flexibility index (Phi) is 8.44. The van der Waals surface area contributed by atoms with Crippen molar-refractivity contribution in [3.8, 4) is 5.75 Å². The Bertz CT molecular complexity index is 426. The van der Waals surface area contributed by atoms with Crippen LogP contribution in [0.1, 0.15) is 25.3 Å². The van der Waals surface area contributed by atoms with Gasteiger partial charge in [-0.15, -0.1) is 12.4 Å². The zero-order valence-corrected chi connectivity index (χ0v) is 15.4. The maximum absolute atomic E-state index is 5.71. The summed E-state index contributed by atoms with van der Waals surface area (Å²) in [7, 11) is 0. The van der Waals surface area contributed by atoms with Crippen LogP contribution in [-0.2, 0) is 11.3 Å². The van der Waals surface area contributed by atoms with Crippen molar-refractivity contribution >= 4 is 44.3 Å². The van der Waals surface area contributed by atoms with Crippen molar-refractivity contribution in [2.24, 2.45) is 0 Å². The minimum absolute atomic E-state index is 0. The molecule has 1 saturated heterocycles. The predicted octanol–water partition coefficient (Wildman–Crippen LogP) is 4.30. The largest absolute Gasteiger partial charge is 0.492 e. The topological polar surface area (TPSA) is 30.5 Å². The van der Waals surface area contributed by atoms with Crippen molar-refractivity contribution in [2.75, 3.05) is 19.8 Å². The van der Waals surface area contributed by atoms with Crippen molar-refractivity contribution in [1.29, 1.82) is 0 Å². The monoisotopic (exact) mass is 427 g/mol. The molecule has 0 radical (unpaired) electrons. The van der Waals surface area contributed by atoms with Crippen molar-refractivity contribution < 1.29 is 9.47 Å². The van der Waals surface area contributed by atoms with Gasteiger partial charge in [0, 0.05) is 29.7 Å². The molecule has 1 aliphatic rings. The first-order valence-electron chi connectivity index (χ1n) is 6.63. The van der Waals surface area contributed by atoms with Gasteiger partial charge in [-0.25, -0.2) is 0 Å². The highest BCUT2D eigenvalue weighted by Gasteiger charge is 2.15. The van der Waals surface area contributed by atoms with Crippen molar-refractivity contribution in [3.63, 3.8) is 0 Å². The van der Waals surface area contributed by atoms with Crippen LogP contribution < -0.4 is 10.1 Å². The van der Waals surface area contributed by atoms with Gasteiger partial charge in [-0.05, 0) is 47.8 Å². The summed E-state index contributed by atoms with van der Waals surface area (Å²) in [6.07, 6.45) is 2.71. The molecule has 0 saturated carbocycles. The van der Waals surface area contributed by atoms with E-state index in [9.17, 15) is 0 Å². The van der Waals surface area contributed by atoms with E-state index in [2.05, 4.69) is 43.2 Å². The molecule has 1 unspecified atom stereocenters. The Morgan fingerprint density at radius 2 is 2.20 bits per heavy atom. The number of rotatable bonds is 6. The summed E-state index contributed by atoms with van der Waals surface area (Å²) >= 11 is 7.07. The number of benzene rings is 1. The number of hydrogen-bond acceptors (Lipinski definition) is 3. The maximum atomic E-state index is 5.71. The summed E-state index contributed by atoms with van der Waals surface area (Å²) in [5, 5.41) is 3.45. The minimum atomic E-state index is 0. The number of ether oxygens (including phenoxy) is 2. The normalized spacial score (nSPS) is 17.9. The molecular formula is C14H20Br2ClNO2. The molecular weight excluding hydrogens is 409 g/mol. The van der Waals surface area contributed by atoms with E-state index in [1.54, 1.807) is 0 Å². The highest BCUT2D eigenvalue weighted by Crippen LogP contribution is 2.33. The SMILES string of the molecule is CCOc1c(Br)cc(Br)cc1CNCC1CCCO1.Cl. The second-order valence-corrected chi connectivity index (χ2v) is 6.34. The van der Waals surface area contributed by atoms with Gasteiger partial charge in [0.1, 0.15) is 5.75 Å². The zero-order chi connectivity index (χ0) is 13.7. The van der Waals surface area contributed by atoms with Gasteiger partial charge >= 0.3 is 0 Å². The standard InChI is InChI=1S/C14H19Br2NO2.ClH/c1-2-18-14-10(6-11(15)7-13(14)16)8-17-9-12-4-3-5-19-12;/h6-7,12,17H,2-5,8-9H2,1H3;1H.